The predicted octanol–water partition coefficient (Wildman–Crippen LogP) is 13.8. The summed E-state index contributed by atoms with van der Waals surface area (Å²) in [6.45, 7) is -0.462. The Bertz CT molecular complexity index is 4820. The van der Waals surface area contributed by atoms with Crippen LogP contribution < -0.4 is 52.3 Å². The first kappa shape index (κ1) is 43.6. The molecule has 0 fully saturated rings. The number of aromatic nitrogens is 3. The van der Waals surface area contributed by atoms with Gasteiger partial charge in [-0.1, -0.05) is 164 Å². The Labute approximate surface area is 462 Å². The Morgan fingerprint density at radius 1 is 0.287 bits per heavy atom. The van der Waals surface area contributed by atoms with Crippen molar-refractivity contribution in [1.29, 1.82) is 0 Å². The first-order chi connectivity index (χ1) is 39.7. The molecular formula is C71H44B2N6O. The molecule has 0 N–H and O–H groups in total. The van der Waals surface area contributed by atoms with E-state index in [4.69, 9.17) is 9.72 Å². The van der Waals surface area contributed by atoms with E-state index >= 15 is 0 Å². The van der Waals surface area contributed by atoms with Gasteiger partial charge in [-0.3, -0.25) is 4.90 Å². The lowest BCUT2D eigenvalue weighted by Crippen LogP contribution is -2.64. The summed E-state index contributed by atoms with van der Waals surface area (Å²) in [6, 6.07) is 97.3. The largest absolute Gasteiger partial charge is 0.457 e. The third kappa shape index (κ3) is 5.98. The number of hydrogen-bond acceptors (Lipinski definition) is 5. The topological polar surface area (TPSA) is 41.7 Å². The van der Waals surface area contributed by atoms with E-state index in [2.05, 4.69) is 291 Å². The van der Waals surface area contributed by atoms with Crippen LogP contribution in [0.4, 0.5) is 51.3 Å². The fourth-order valence-corrected chi connectivity index (χ4v) is 14.1. The SMILES string of the molecule is c1ccc(N2c3ccccc3B3c4nc5c(cc4Oc4cc(-n6c7ccccc7c7ccccc76)cc2c43)B2c3ccccc3N(c3ccccc3)c3cc(-n4c6ccccc6c6ccccc64)cc(c32)N5c2ccccc2)cc1. The molecule has 9 heteroatoms. The molecule has 0 bridgehead atoms. The molecule has 0 aliphatic carbocycles. The van der Waals surface area contributed by atoms with Gasteiger partial charge < -0.3 is 23.7 Å². The summed E-state index contributed by atoms with van der Waals surface area (Å²) in [5, 5.41) is 4.86. The van der Waals surface area contributed by atoms with Crippen LogP contribution in [0.15, 0.2) is 267 Å². The standard InChI is InChI=1S/C71H44B2N6O/c1-4-22-45(23-5-1)75-61-38-20-14-32-54(61)72-56-44-67-70(74-71(56)79(47-26-8-3-9-27-47)64-41-48(40-63(75)68(64)72)77-57-34-16-10-28-50(57)51-29-11-17-35-58(51)77)73-55-33-15-21-39-62(55)76(46-24-6-2-7-25-46)65-42-49(43-66(80-67)69(65)73)78-59-36-18-12-30-52(59)53-31-13-19-37-60(53)78/h1-44H. The second kappa shape index (κ2) is 16.5. The molecule has 14 aromatic rings. The van der Waals surface area contributed by atoms with Crippen LogP contribution in [0.3, 0.4) is 0 Å². The minimum Gasteiger partial charge on any atom is -0.457 e. The van der Waals surface area contributed by atoms with E-state index in [1.165, 1.54) is 37.9 Å². The zero-order chi connectivity index (χ0) is 52.2. The Morgan fingerprint density at radius 3 is 1.18 bits per heavy atom. The van der Waals surface area contributed by atoms with Crippen molar-refractivity contribution in [1.82, 2.24) is 14.1 Å². The number of anilines is 9. The van der Waals surface area contributed by atoms with Gasteiger partial charge in [-0.15, -0.1) is 0 Å². The maximum absolute atomic E-state index is 7.62. The summed E-state index contributed by atoms with van der Waals surface area (Å²) in [5.74, 6) is 2.47. The van der Waals surface area contributed by atoms with Crippen molar-refractivity contribution in [2.75, 3.05) is 14.7 Å². The Morgan fingerprint density at radius 2 is 0.675 bits per heavy atom. The number of rotatable bonds is 5. The first-order valence-corrected chi connectivity index (χ1v) is 27.5. The van der Waals surface area contributed by atoms with Crippen molar-refractivity contribution in [3.63, 3.8) is 0 Å². The van der Waals surface area contributed by atoms with Gasteiger partial charge in [-0.05, 0) is 124 Å². The van der Waals surface area contributed by atoms with Gasteiger partial charge in [0, 0.05) is 73.1 Å². The molecule has 0 saturated carbocycles. The number of benzene rings is 11. The van der Waals surface area contributed by atoms with E-state index < -0.39 is 0 Å². The second-order valence-corrected chi connectivity index (χ2v) is 21.4. The summed E-state index contributed by atoms with van der Waals surface area (Å²) in [4.78, 5) is 13.5. The number of ether oxygens (including phenoxy) is 1. The van der Waals surface area contributed by atoms with Gasteiger partial charge in [0.15, 0.2) is 0 Å². The molecule has 0 radical (unpaired) electrons. The lowest BCUT2D eigenvalue weighted by Gasteiger charge is -2.45. The molecule has 11 aromatic carbocycles. The summed E-state index contributed by atoms with van der Waals surface area (Å²) in [7, 11) is 0. The quantitative estimate of drug-likeness (QED) is 0.161. The van der Waals surface area contributed by atoms with Crippen molar-refractivity contribution in [3.8, 4) is 22.9 Å². The van der Waals surface area contributed by atoms with Crippen molar-refractivity contribution < 1.29 is 4.74 Å². The number of pyridine rings is 1. The van der Waals surface area contributed by atoms with Crippen LogP contribution in [0.25, 0.3) is 55.0 Å². The van der Waals surface area contributed by atoms with Crippen molar-refractivity contribution in [2.24, 2.45) is 0 Å². The summed E-state index contributed by atoms with van der Waals surface area (Å²) < 4.78 is 12.5. The van der Waals surface area contributed by atoms with Gasteiger partial charge in [0.2, 0.25) is 0 Å². The van der Waals surface area contributed by atoms with Gasteiger partial charge in [-0.25, -0.2) is 4.98 Å². The van der Waals surface area contributed by atoms with Crippen LogP contribution >= 0.6 is 0 Å². The Hall–Kier alpha value is -10.5. The van der Waals surface area contributed by atoms with Crippen molar-refractivity contribution in [3.05, 3.63) is 267 Å². The highest BCUT2D eigenvalue weighted by atomic mass is 16.5. The van der Waals surface area contributed by atoms with E-state index in [-0.39, 0.29) is 13.4 Å². The van der Waals surface area contributed by atoms with Crippen LogP contribution in [0.5, 0.6) is 11.5 Å². The Kier molecular flexibility index (Phi) is 8.99. The zero-order valence-corrected chi connectivity index (χ0v) is 43.1. The van der Waals surface area contributed by atoms with E-state index in [1.54, 1.807) is 0 Å². The minimum absolute atomic E-state index is 0.201. The normalized spacial score (nSPS) is 13.5. The fraction of sp³-hybridized carbons (Fsp3) is 0. The molecular weight excluding hydrogens is 974 g/mol. The van der Waals surface area contributed by atoms with Gasteiger partial charge >= 0.3 is 0 Å². The van der Waals surface area contributed by atoms with Crippen LogP contribution in [0.2, 0.25) is 0 Å². The zero-order valence-electron chi connectivity index (χ0n) is 43.1. The van der Waals surface area contributed by atoms with E-state index in [0.717, 1.165) is 113 Å². The van der Waals surface area contributed by atoms with Crippen LogP contribution in [-0.2, 0) is 0 Å². The molecule has 7 heterocycles. The molecule has 18 rings (SSSR count). The second-order valence-electron chi connectivity index (χ2n) is 21.4. The molecule has 80 heavy (non-hydrogen) atoms. The predicted molar refractivity (Wildman–Crippen MR) is 333 cm³/mol. The molecule has 3 aromatic heterocycles. The summed E-state index contributed by atoms with van der Waals surface area (Å²) in [5.41, 5.74) is 22.1. The van der Waals surface area contributed by atoms with Gasteiger partial charge in [-0.2, -0.15) is 0 Å². The Balaban J connectivity index is 0.937. The van der Waals surface area contributed by atoms with Crippen molar-refractivity contribution in [2.45, 2.75) is 0 Å². The average Bonchev–Trinajstić information content (AvgIpc) is 3.21. The summed E-state index contributed by atoms with van der Waals surface area (Å²) in [6.07, 6.45) is 0. The number of nitrogens with zero attached hydrogens (tertiary/aromatic N) is 6. The monoisotopic (exact) mass is 1020 g/mol. The van der Waals surface area contributed by atoms with Crippen LogP contribution in [-0.4, -0.2) is 27.5 Å². The number of para-hydroxylation sites is 9. The molecule has 7 nitrogen and oxygen atoms in total. The van der Waals surface area contributed by atoms with Crippen LogP contribution in [0.1, 0.15) is 0 Å². The molecule has 0 atom stereocenters. The maximum Gasteiger partial charge on any atom is 0.279 e. The van der Waals surface area contributed by atoms with Gasteiger partial charge in [0.25, 0.3) is 13.4 Å². The molecule has 4 aliphatic heterocycles. The third-order valence-corrected chi connectivity index (χ3v) is 17.3. The highest BCUT2D eigenvalue weighted by molar-refractivity contribution is 7.01. The minimum atomic E-state index is -0.261. The molecule has 0 saturated heterocycles. The van der Waals surface area contributed by atoms with Gasteiger partial charge in [0.05, 0.1) is 39.0 Å². The lowest BCUT2D eigenvalue weighted by molar-refractivity contribution is 0.486. The summed E-state index contributed by atoms with van der Waals surface area (Å²) >= 11 is 0. The highest BCUT2D eigenvalue weighted by Crippen LogP contribution is 2.48. The van der Waals surface area contributed by atoms with E-state index in [9.17, 15) is 0 Å². The average molecular weight is 1020 g/mol. The first-order valence-electron chi connectivity index (χ1n) is 27.5. The van der Waals surface area contributed by atoms with E-state index in [1.807, 2.05) is 0 Å². The van der Waals surface area contributed by atoms with E-state index in [0.29, 0.717) is 0 Å². The smallest absolute Gasteiger partial charge is 0.279 e. The van der Waals surface area contributed by atoms with Gasteiger partial charge in [0.1, 0.15) is 17.3 Å². The maximum atomic E-state index is 7.62. The lowest BCUT2D eigenvalue weighted by atomic mass is 9.32. The number of hydrogen-bond donors (Lipinski definition) is 0. The third-order valence-electron chi connectivity index (χ3n) is 17.3. The molecule has 4 aliphatic rings. The molecule has 0 unspecified atom stereocenters. The molecule has 370 valence electrons. The number of fused-ring (bicyclic) bond motifs is 14. The van der Waals surface area contributed by atoms with Crippen LogP contribution in [0, 0.1) is 0 Å². The highest BCUT2D eigenvalue weighted by Gasteiger charge is 2.49. The van der Waals surface area contributed by atoms with Crippen molar-refractivity contribution >= 4 is 141 Å². The molecule has 0 amide bonds. The fourth-order valence-electron chi connectivity index (χ4n) is 14.1. The molecule has 0 spiro atoms.